The molecule has 0 heterocycles. The van der Waals surface area contributed by atoms with Gasteiger partial charge in [-0.1, -0.05) is 332 Å². The van der Waals surface area contributed by atoms with Gasteiger partial charge in [-0.25, -0.2) is 0 Å². The summed E-state index contributed by atoms with van der Waals surface area (Å²) in [5.41, 5.74) is 11.8. The molecule has 7 aromatic carbocycles. The molecule has 0 aliphatic heterocycles. The van der Waals surface area contributed by atoms with Crippen molar-refractivity contribution in [1.29, 1.82) is 0 Å². The number of hydrogen-bond donors (Lipinski definition) is 1. The lowest BCUT2D eigenvalue weighted by molar-refractivity contribution is -0.107. The minimum absolute atomic E-state index is 0. The number of allylic oxidation sites excluding steroid dienone is 2. The third-order valence-electron chi connectivity index (χ3n) is 16.2. The number of carbonyl (C=O) groups excluding carboxylic acids is 2. The third kappa shape index (κ3) is 44.8. The number of fused-ring (bicyclic) bond motifs is 2. The molecule has 7 aromatic rings. The summed E-state index contributed by atoms with van der Waals surface area (Å²) >= 11 is 24.2. The van der Waals surface area contributed by atoms with Gasteiger partial charge in [0.15, 0.2) is 5.78 Å². The van der Waals surface area contributed by atoms with Crippen LogP contribution in [-0.4, -0.2) is 22.8 Å². The van der Waals surface area contributed by atoms with Crippen LogP contribution in [0.15, 0.2) is 201 Å². The van der Waals surface area contributed by atoms with Crippen LogP contribution < -0.4 is 0 Å². The van der Waals surface area contributed by atoms with E-state index in [1.807, 2.05) is 62.4 Å². The van der Waals surface area contributed by atoms with Crippen molar-refractivity contribution in [3.63, 3.8) is 0 Å². The zero-order valence-corrected chi connectivity index (χ0v) is 69.7. The van der Waals surface area contributed by atoms with Crippen molar-refractivity contribution in [2.24, 2.45) is 0 Å². The molecule has 0 saturated heterocycles. The molecular weight excluding hydrogens is 1650 g/mol. The van der Waals surface area contributed by atoms with Crippen molar-refractivity contribution in [2.45, 2.75) is 269 Å². The summed E-state index contributed by atoms with van der Waals surface area (Å²) in [6.07, 6.45) is 33.2. The Kier molecular flexibility index (Phi) is 55.0. The van der Waals surface area contributed by atoms with Crippen molar-refractivity contribution < 1.29 is 17.5 Å². The molecule has 10 heteroatoms. The van der Waals surface area contributed by atoms with Crippen LogP contribution in [0.1, 0.15) is 272 Å². The van der Waals surface area contributed by atoms with Gasteiger partial charge in [0.25, 0.3) is 0 Å². The second-order valence-corrected chi connectivity index (χ2v) is 32.7. The van der Waals surface area contributed by atoms with Gasteiger partial charge in [-0.05, 0) is 244 Å². The van der Waals surface area contributed by atoms with Crippen LogP contribution in [0.4, 0.5) is 0 Å². The molecule has 9 rings (SSSR count). The summed E-state index contributed by atoms with van der Waals surface area (Å²) in [4.78, 5) is 22.0. The number of aldehydes is 1. The standard InChI is InChI=1S/C13H15BrO.C13H19BrO.C13H17Br.2C11H15Br.C11H13Br.C8H7BrO.C4H10.3CH4.H2/c1-13(2)7-3-4-12(15)10-8-9(14)5-6-11(10)13;1-13(2,15)9-4-3-6-11-7-5-8-12(14)10-11;1-13(2)8-4-3-5-10-9-11(14)6-7-12(10)13;3*1-2-3-4-6-10-7-5-8-11(12)9-10;9-8-3-1-2-7(6-8)4-5-10;1-3-4-2;;;;/h5-6,8H,3-4,7H2,1-2H3;5,7-8,10,15H,3-4,6,9H2,1-2H3;6-7,9H,3-5,8H2,1-2H3;2*5,7-9H,2-4,6H2,1H3;3-5,7-9H,2,6H2,1H3;1-3,5-6H,4H2;3-4H2,1-2H3;3*1H4;1H/p+1/b;;;;;4-3-;;;;;;. The molecule has 0 bridgehead atoms. The smallest absolute Gasteiger partial charge is 0.390 e. The number of ketones is 1. The van der Waals surface area contributed by atoms with E-state index in [9.17, 15) is 14.7 Å². The highest BCUT2D eigenvalue weighted by atomic mass is 79.9. The predicted molar refractivity (Wildman–Crippen MR) is 458 cm³/mol. The topological polar surface area (TPSA) is 54.4 Å². The second kappa shape index (κ2) is 55.5. The Bertz CT molecular complexity index is 3190. The molecule has 0 fully saturated rings. The van der Waals surface area contributed by atoms with Gasteiger partial charge in [-0.15, -0.1) is 0 Å². The van der Waals surface area contributed by atoms with Crippen molar-refractivity contribution in [1.82, 2.24) is 0 Å². The lowest BCUT2D eigenvalue weighted by atomic mass is 9.80. The molecule has 0 aromatic heterocycles. The number of benzene rings is 7. The first-order chi connectivity index (χ1) is 44.8. The number of aryl methyl sites for hydroxylation is 4. The van der Waals surface area contributed by atoms with E-state index in [2.05, 4.69) is 295 Å². The monoisotopic (exact) mass is 1770 g/mol. The molecule has 2 aliphatic carbocycles. The fourth-order valence-corrected chi connectivity index (χ4v) is 13.7. The van der Waals surface area contributed by atoms with Gasteiger partial charge in [0.05, 0.1) is 5.60 Å². The van der Waals surface area contributed by atoms with Crippen molar-refractivity contribution >= 4 is 124 Å². The maximum atomic E-state index is 11.9. The SMILES string of the molecule is C.C.C.CC(C)(O)CCCCc1cccc(Br)c1.CC/C=C\Cc1cccc(Br)c1.CC1(C)CCCC(=O)c2cc(Br)ccc21.CC1(C)CCCCc2cc(Br)ccc21.CCCC.CCCCCc1cccc(Br)c1.CCCCCc1cccc(Br)c1.O=CCc1cccc(Br)c1.[H+].[HH]. The average molecular weight is 1780 g/mol. The largest absolute Gasteiger partial charge is 1.00 e. The maximum Gasteiger partial charge on any atom is 1.00 e. The second-order valence-electron chi connectivity index (χ2n) is 26.3. The van der Waals surface area contributed by atoms with Crippen LogP contribution >= 0.6 is 112 Å². The van der Waals surface area contributed by atoms with Gasteiger partial charge >= 0.3 is 1.43 Å². The predicted octanol–water partition coefficient (Wildman–Crippen LogP) is 31.1. The number of carbonyl (C=O) groups is 2. The van der Waals surface area contributed by atoms with Crippen LogP contribution in [0.25, 0.3) is 0 Å². The van der Waals surface area contributed by atoms with E-state index in [4.69, 9.17) is 0 Å². The molecule has 97 heavy (non-hydrogen) atoms. The summed E-state index contributed by atoms with van der Waals surface area (Å²) in [6, 6.07) is 54.5. The zero-order chi connectivity index (χ0) is 69.8. The van der Waals surface area contributed by atoms with E-state index < -0.39 is 5.60 Å². The van der Waals surface area contributed by atoms with Gasteiger partial charge < -0.3 is 9.90 Å². The normalized spacial score (nSPS) is 12.8. The molecule has 2 aliphatic rings. The Hall–Kier alpha value is -3.06. The van der Waals surface area contributed by atoms with Gasteiger partial charge in [0.1, 0.15) is 6.29 Å². The first kappa shape index (κ1) is 96.0. The molecule has 3 nitrogen and oxygen atoms in total. The highest BCUT2D eigenvalue weighted by molar-refractivity contribution is 9.11. The summed E-state index contributed by atoms with van der Waals surface area (Å²) in [6.45, 7) is 23.9. The summed E-state index contributed by atoms with van der Waals surface area (Å²) < 4.78 is 7.91. The average Bonchev–Trinajstić information content (AvgIpc) is 1.78. The molecule has 540 valence electrons. The van der Waals surface area contributed by atoms with E-state index in [1.165, 1.54) is 131 Å². The minimum atomic E-state index is -0.517. The maximum absolute atomic E-state index is 11.9. The fraction of sp³-hybridized carbons (Fsp3) is 0.471. The Labute approximate surface area is 655 Å². The highest BCUT2D eigenvalue weighted by Crippen LogP contribution is 2.38. The number of hydrogen-bond acceptors (Lipinski definition) is 3. The van der Waals surface area contributed by atoms with Crippen molar-refractivity contribution in [3.05, 3.63) is 251 Å². The molecule has 0 unspecified atom stereocenters. The number of Topliss-reactive ketones (excluding diaryl/α,β-unsaturated/α-hetero) is 1. The summed E-state index contributed by atoms with van der Waals surface area (Å²) in [5.74, 6) is 0.289. The Morgan fingerprint density at radius 3 is 1.24 bits per heavy atom. The number of unbranched alkanes of at least 4 members (excludes halogenated alkanes) is 6. The van der Waals surface area contributed by atoms with Crippen LogP contribution in [0.3, 0.4) is 0 Å². The molecule has 1 N–H and O–H groups in total. The summed E-state index contributed by atoms with van der Waals surface area (Å²) in [5, 5.41) is 9.55. The van der Waals surface area contributed by atoms with Gasteiger partial charge in [0.2, 0.25) is 0 Å². The number of rotatable bonds is 19. The molecule has 0 atom stereocenters. The zero-order valence-electron chi connectivity index (χ0n) is 59.6. The molecule has 0 amide bonds. The van der Waals surface area contributed by atoms with E-state index in [0.717, 1.165) is 86.7 Å². The molecule has 0 saturated carbocycles. The first-order valence-corrected chi connectivity index (χ1v) is 40.0. The molecular formula is C87H126Br7O3+. The van der Waals surface area contributed by atoms with E-state index in [-0.39, 0.29) is 36.3 Å². The Morgan fingerprint density at radius 2 is 0.825 bits per heavy atom. The van der Waals surface area contributed by atoms with Gasteiger partial charge in [-0.2, -0.15) is 0 Å². The number of aliphatic hydroxyl groups is 1. The minimum Gasteiger partial charge on any atom is -0.390 e. The van der Waals surface area contributed by atoms with Crippen molar-refractivity contribution in [2.75, 3.05) is 0 Å². The van der Waals surface area contributed by atoms with Crippen LogP contribution in [0.2, 0.25) is 0 Å². The van der Waals surface area contributed by atoms with Gasteiger partial charge in [0, 0.05) is 51.1 Å². The number of halogens is 7. The van der Waals surface area contributed by atoms with Crippen molar-refractivity contribution in [3.8, 4) is 0 Å². The first-order valence-electron chi connectivity index (χ1n) is 34.4. The fourth-order valence-electron chi connectivity index (χ4n) is 10.7. The van der Waals surface area contributed by atoms with Crippen LogP contribution in [0.5, 0.6) is 0 Å². The lowest BCUT2D eigenvalue weighted by Gasteiger charge is -2.25. The Morgan fingerprint density at radius 1 is 0.443 bits per heavy atom. The van der Waals surface area contributed by atoms with E-state index in [0.29, 0.717) is 18.3 Å². The Balaban J connectivity index is -0.000000524. The lowest BCUT2D eigenvalue weighted by Crippen LogP contribution is -2.17. The summed E-state index contributed by atoms with van der Waals surface area (Å²) in [7, 11) is 0. The highest BCUT2D eigenvalue weighted by Gasteiger charge is 2.29. The van der Waals surface area contributed by atoms with E-state index >= 15 is 0 Å². The molecule has 0 spiro atoms. The van der Waals surface area contributed by atoms with E-state index in [1.54, 1.807) is 11.1 Å². The molecule has 0 radical (unpaired) electrons. The van der Waals surface area contributed by atoms with Crippen LogP contribution in [-0.2, 0) is 54.1 Å². The van der Waals surface area contributed by atoms with Crippen LogP contribution in [0, 0.1) is 0 Å². The third-order valence-corrected chi connectivity index (χ3v) is 19.6. The quantitative estimate of drug-likeness (QED) is 0.0380. The van der Waals surface area contributed by atoms with Gasteiger partial charge in [-0.3, -0.25) is 4.79 Å².